The molecule has 0 aliphatic heterocycles. The normalized spacial score (nSPS) is 10.6. The van der Waals surface area contributed by atoms with Gasteiger partial charge in [-0.3, -0.25) is 0 Å². The Labute approximate surface area is 94.5 Å². The number of anilines is 1. The average molecular weight is 241 g/mol. The first-order valence-corrected chi connectivity index (χ1v) is 4.69. The molecule has 0 unspecified atom stereocenters. The highest BCUT2D eigenvalue weighted by molar-refractivity contribution is 5.67. The second-order valence-electron chi connectivity index (χ2n) is 3.45. The minimum absolute atomic E-state index is 0.346. The van der Waals surface area contributed by atoms with Gasteiger partial charge in [0.05, 0.1) is 5.69 Å². The van der Waals surface area contributed by atoms with Crippen molar-refractivity contribution in [1.82, 2.24) is 0 Å². The summed E-state index contributed by atoms with van der Waals surface area (Å²) in [6.07, 6.45) is 0. The van der Waals surface area contributed by atoms with E-state index in [4.69, 9.17) is 5.73 Å². The van der Waals surface area contributed by atoms with Crippen molar-refractivity contribution in [3.05, 3.63) is 53.6 Å². The van der Waals surface area contributed by atoms with Crippen LogP contribution >= 0.6 is 0 Å². The molecule has 0 aliphatic rings. The molecule has 2 aromatic carbocycles. The van der Waals surface area contributed by atoms with Gasteiger partial charge >= 0.3 is 0 Å². The topological polar surface area (TPSA) is 26.0 Å². The molecule has 0 saturated heterocycles. The first kappa shape index (κ1) is 11.4. The lowest BCUT2D eigenvalue weighted by molar-refractivity contribution is 0.510. The van der Waals surface area contributed by atoms with Gasteiger partial charge in [0, 0.05) is 17.2 Å². The zero-order valence-corrected chi connectivity index (χ0v) is 8.48. The van der Waals surface area contributed by atoms with Gasteiger partial charge in [-0.1, -0.05) is 12.1 Å². The van der Waals surface area contributed by atoms with E-state index in [1.807, 2.05) is 0 Å². The molecule has 0 saturated carbocycles. The van der Waals surface area contributed by atoms with Crippen LogP contribution in [-0.4, -0.2) is 0 Å². The summed E-state index contributed by atoms with van der Waals surface area (Å²) in [5.41, 5.74) is 4.05. The molecule has 2 N–H and O–H groups in total. The predicted molar refractivity (Wildman–Crippen MR) is 56.1 cm³/mol. The van der Waals surface area contributed by atoms with Crippen LogP contribution in [-0.2, 0) is 0 Å². The molecule has 0 bridgehead atoms. The highest BCUT2D eigenvalue weighted by Crippen LogP contribution is 2.29. The molecule has 2 aromatic rings. The summed E-state index contributed by atoms with van der Waals surface area (Å²) in [7, 11) is 0. The quantitative estimate of drug-likeness (QED) is 0.600. The van der Waals surface area contributed by atoms with E-state index in [1.165, 1.54) is 6.07 Å². The highest BCUT2D eigenvalue weighted by atomic mass is 19.2. The van der Waals surface area contributed by atoms with Gasteiger partial charge in [-0.15, -0.1) is 0 Å². The summed E-state index contributed by atoms with van der Waals surface area (Å²) in [5, 5.41) is 0. The van der Waals surface area contributed by atoms with Crippen molar-refractivity contribution in [2.75, 3.05) is 5.73 Å². The van der Waals surface area contributed by atoms with E-state index in [-0.39, 0.29) is 16.8 Å². The van der Waals surface area contributed by atoms with E-state index < -0.39 is 23.3 Å². The molecular formula is C12H7F4N. The van der Waals surface area contributed by atoms with Crippen LogP contribution in [0, 0.1) is 23.3 Å². The number of nitrogen functional groups attached to an aromatic ring is 1. The molecular weight excluding hydrogens is 234 g/mol. The molecule has 0 fully saturated rings. The van der Waals surface area contributed by atoms with Gasteiger partial charge in [0.15, 0.2) is 11.6 Å². The van der Waals surface area contributed by atoms with Crippen LogP contribution in [0.2, 0.25) is 0 Å². The van der Waals surface area contributed by atoms with E-state index in [0.29, 0.717) is 0 Å². The predicted octanol–water partition coefficient (Wildman–Crippen LogP) is 3.49. The Balaban J connectivity index is 2.69. The molecule has 88 valence electrons. The Morgan fingerprint density at radius 3 is 2.18 bits per heavy atom. The monoisotopic (exact) mass is 241 g/mol. The molecule has 2 rings (SSSR count). The lowest BCUT2D eigenvalue weighted by Gasteiger charge is -2.07. The summed E-state index contributed by atoms with van der Waals surface area (Å²) in [6, 6.07) is 4.73. The Morgan fingerprint density at radius 2 is 1.47 bits per heavy atom. The van der Waals surface area contributed by atoms with Crippen molar-refractivity contribution >= 4 is 5.69 Å². The molecule has 17 heavy (non-hydrogen) atoms. The molecule has 0 heterocycles. The first-order valence-electron chi connectivity index (χ1n) is 4.69. The SMILES string of the molecule is Nc1cc(F)c(-c2cccc(F)c2F)cc1F. The van der Waals surface area contributed by atoms with Gasteiger partial charge in [-0.25, -0.2) is 17.6 Å². The smallest absolute Gasteiger partial charge is 0.166 e. The molecule has 0 aromatic heterocycles. The molecule has 5 heteroatoms. The van der Waals surface area contributed by atoms with Crippen molar-refractivity contribution in [3.8, 4) is 11.1 Å². The molecule has 1 nitrogen and oxygen atoms in total. The van der Waals surface area contributed by atoms with E-state index in [1.54, 1.807) is 0 Å². The van der Waals surface area contributed by atoms with Gasteiger partial charge in [-0.05, 0) is 12.1 Å². The largest absolute Gasteiger partial charge is 0.396 e. The minimum Gasteiger partial charge on any atom is -0.396 e. The van der Waals surface area contributed by atoms with E-state index in [9.17, 15) is 17.6 Å². The summed E-state index contributed by atoms with van der Waals surface area (Å²) in [5.74, 6) is -4.15. The van der Waals surface area contributed by atoms with Crippen LogP contribution < -0.4 is 5.73 Å². The number of nitrogens with two attached hydrogens (primary N) is 1. The minimum atomic E-state index is -1.23. The third kappa shape index (κ3) is 1.95. The zero-order chi connectivity index (χ0) is 12.6. The molecule has 0 spiro atoms. The van der Waals surface area contributed by atoms with Gasteiger partial charge < -0.3 is 5.73 Å². The average Bonchev–Trinajstić information content (AvgIpc) is 2.28. The Morgan fingerprint density at radius 1 is 0.765 bits per heavy atom. The van der Waals surface area contributed by atoms with Crippen LogP contribution in [0.5, 0.6) is 0 Å². The van der Waals surface area contributed by atoms with Crippen LogP contribution in [0.1, 0.15) is 0 Å². The van der Waals surface area contributed by atoms with Crippen molar-refractivity contribution in [3.63, 3.8) is 0 Å². The summed E-state index contributed by atoms with van der Waals surface area (Å²) in [4.78, 5) is 0. The lowest BCUT2D eigenvalue weighted by Crippen LogP contribution is -1.97. The third-order valence-electron chi connectivity index (χ3n) is 2.33. The number of hydrogen-bond donors (Lipinski definition) is 1. The van der Waals surface area contributed by atoms with Crippen molar-refractivity contribution < 1.29 is 17.6 Å². The van der Waals surface area contributed by atoms with E-state index >= 15 is 0 Å². The fourth-order valence-electron chi connectivity index (χ4n) is 1.48. The second kappa shape index (κ2) is 4.08. The number of rotatable bonds is 1. The first-order chi connectivity index (χ1) is 8.00. The van der Waals surface area contributed by atoms with Gasteiger partial charge in [0.25, 0.3) is 0 Å². The molecule has 0 aliphatic carbocycles. The maximum atomic E-state index is 13.5. The molecule has 0 amide bonds. The molecule has 0 radical (unpaired) electrons. The van der Waals surface area contributed by atoms with Crippen molar-refractivity contribution in [1.29, 1.82) is 0 Å². The van der Waals surface area contributed by atoms with Crippen molar-refractivity contribution in [2.24, 2.45) is 0 Å². The summed E-state index contributed by atoms with van der Waals surface area (Å²) < 4.78 is 53.0. The maximum Gasteiger partial charge on any atom is 0.166 e. The van der Waals surface area contributed by atoms with E-state index in [0.717, 1.165) is 24.3 Å². The van der Waals surface area contributed by atoms with Gasteiger partial charge in [0.1, 0.15) is 11.6 Å². The van der Waals surface area contributed by atoms with Gasteiger partial charge in [-0.2, -0.15) is 0 Å². The number of hydrogen-bond acceptors (Lipinski definition) is 1. The van der Waals surface area contributed by atoms with Gasteiger partial charge in [0.2, 0.25) is 0 Å². The van der Waals surface area contributed by atoms with Crippen LogP contribution in [0.3, 0.4) is 0 Å². The Bertz CT molecular complexity index is 581. The molecule has 0 atom stereocenters. The number of halogens is 4. The van der Waals surface area contributed by atoms with Crippen molar-refractivity contribution in [2.45, 2.75) is 0 Å². The Hall–Kier alpha value is -2.04. The number of benzene rings is 2. The standard InChI is InChI=1S/C12H7F4N/c13-8-3-1-2-6(12(8)16)7-4-10(15)11(17)5-9(7)14/h1-5H,17H2. The summed E-state index contributed by atoms with van der Waals surface area (Å²) in [6.45, 7) is 0. The fourth-order valence-corrected chi connectivity index (χ4v) is 1.48. The fraction of sp³-hybridized carbons (Fsp3) is 0. The van der Waals surface area contributed by atoms with Crippen LogP contribution in [0.15, 0.2) is 30.3 Å². The lowest BCUT2D eigenvalue weighted by atomic mass is 10.0. The Kier molecular flexibility index (Phi) is 2.75. The van der Waals surface area contributed by atoms with Crippen LogP contribution in [0.4, 0.5) is 23.2 Å². The third-order valence-corrected chi connectivity index (χ3v) is 2.33. The second-order valence-corrected chi connectivity index (χ2v) is 3.45. The highest BCUT2D eigenvalue weighted by Gasteiger charge is 2.15. The zero-order valence-electron chi connectivity index (χ0n) is 8.48. The van der Waals surface area contributed by atoms with E-state index in [2.05, 4.69) is 0 Å². The maximum absolute atomic E-state index is 13.5. The summed E-state index contributed by atoms with van der Waals surface area (Å²) >= 11 is 0. The van der Waals surface area contributed by atoms with Crippen LogP contribution in [0.25, 0.3) is 11.1 Å².